The highest BCUT2D eigenvalue weighted by Crippen LogP contribution is 2.57. The van der Waals surface area contributed by atoms with E-state index in [2.05, 4.69) is 10.0 Å². The van der Waals surface area contributed by atoms with Gasteiger partial charge in [-0.1, -0.05) is 17.7 Å². The van der Waals surface area contributed by atoms with Crippen LogP contribution in [-0.4, -0.2) is 178 Å². The summed E-state index contributed by atoms with van der Waals surface area (Å²) < 4.78 is 76.1. The van der Waals surface area contributed by atoms with Crippen LogP contribution in [-0.2, 0) is 109 Å². The normalized spacial score (nSPS) is 25.8. The molecular weight excluding hydrogens is 965 g/mol. The molecule has 0 bridgehead atoms. The number of hydrogen-bond donors (Lipinski definition) is 2. The van der Waals surface area contributed by atoms with Crippen LogP contribution < -0.4 is 10.0 Å². The minimum Gasteiger partial charge on any atom is -0.467 e. The quantitative estimate of drug-likeness (QED) is 0.106. The van der Waals surface area contributed by atoms with Crippen molar-refractivity contribution < 1.29 is 124 Å². The molecule has 2 aliphatic rings. The second-order valence-corrected chi connectivity index (χ2v) is 19.4. The summed E-state index contributed by atoms with van der Waals surface area (Å²) in [5.74, 6) is -9.37. The Bertz CT molecular complexity index is 1900. The number of rotatable bonds is 18. The van der Waals surface area contributed by atoms with Crippen LogP contribution in [0.25, 0.3) is 0 Å². The van der Waals surface area contributed by atoms with E-state index in [9.17, 15) is 57.5 Å². The Labute approximate surface area is 393 Å². The van der Waals surface area contributed by atoms with Gasteiger partial charge >= 0.3 is 71.2 Å². The minimum absolute atomic E-state index is 0.196. The summed E-state index contributed by atoms with van der Waals surface area (Å²) in [4.78, 5) is 150. The van der Waals surface area contributed by atoms with Gasteiger partial charge in [-0.25, -0.2) is 19.2 Å². The molecule has 68 heavy (non-hydrogen) atoms. The standard InChI is InChI=1S/C38H54N2O26S2/c1-12-68(38(52)54-11,40-37(51)56-14-26-28(58-17(3)42)30(60-19(5)44)32(62-21(7)46)35(66-26)64-23(9)48)67-15-24(33(49)53-10)39-36(50)55-13-25-27(57-16(2)41)29(59-18(4)43)31(61-20(6)45)34(65-25)63-22(8)47/h24-32,34-35H,12-15H2,1-11H3,(H,39,50)(H,40,51). The van der Waals surface area contributed by atoms with Gasteiger partial charge in [0.05, 0.1) is 14.2 Å². The number of carbonyl (C=O) groups is 12. The van der Waals surface area contributed by atoms with Crippen LogP contribution in [0.2, 0.25) is 0 Å². The molecule has 2 fully saturated rings. The molecule has 12 unspecified atom stereocenters. The van der Waals surface area contributed by atoms with Crippen molar-refractivity contribution >= 4 is 91.3 Å². The first-order valence-electron chi connectivity index (χ1n) is 19.9. The zero-order chi connectivity index (χ0) is 51.6. The molecule has 0 radical (unpaired) electrons. The molecular formula is C38H54N2O26S2. The van der Waals surface area contributed by atoms with Gasteiger partial charge in [0.15, 0.2) is 24.4 Å². The lowest BCUT2D eigenvalue weighted by Gasteiger charge is -2.43. The minimum atomic E-state index is -3.27. The highest BCUT2D eigenvalue weighted by Gasteiger charge is 2.55. The van der Waals surface area contributed by atoms with Crippen molar-refractivity contribution in [3.63, 3.8) is 0 Å². The van der Waals surface area contributed by atoms with Crippen LogP contribution in [0.5, 0.6) is 0 Å². The first-order valence-corrected chi connectivity index (χ1v) is 23.3. The molecule has 2 amide bonds. The van der Waals surface area contributed by atoms with E-state index in [-0.39, 0.29) is 5.75 Å². The summed E-state index contributed by atoms with van der Waals surface area (Å²) in [6.45, 7) is 7.61. The number of carbonyl (C=O) groups excluding carboxylic acids is 12. The van der Waals surface area contributed by atoms with Crippen molar-refractivity contribution in [3.05, 3.63) is 0 Å². The second kappa shape index (κ2) is 27.0. The molecule has 2 aliphatic heterocycles. The predicted molar refractivity (Wildman–Crippen MR) is 222 cm³/mol. The van der Waals surface area contributed by atoms with Crippen LogP contribution in [0, 0.1) is 0 Å². The van der Waals surface area contributed by atoms with E-state index in [0.717, 1.165) is 69.6 Å². The monoisotopic (exact) mass is 1020 g/mol. The molecule has 2 rings (SSSR count). The molecule has 0 spiro atoms. The van der Waals surface area contributed by atoms with E-state index in [1.807, 2.05) is 0 Å². The zero-order valence-electron chi connectivity index (χ0n) is 38.6. The van der Waals surface area contributed by atoms with Gasteiger partial charge in [-0.05, 0) is 9.25 Å². The number of hydrogen-bond acceptors (Lipinski definition) is 27. The van der Waals surface area contributed by atoms with Crippen LogP contribution in [0.1, 0.15) is 62.3 Å². The lowest BCUT2D eigenvalue weighted by atomic mass is 9.98. The number of alkyl carbamates (subject to hydrolysis) is 1. The largest absolute Gasteiger partial charge is 0.467 e. The van der Waals surface area contributed by atoms with E-state index in [1.165, 1.54) is 6.92 Å². The Hall–Kier alpha value is -6.14. The number of esters is 9. The van der Waals surface area contributed by atoms with Crippen molar-refractivity contribution in [1.29, 1.82) is 0 Å². The van der Waals surface area contributed by atoms with Gasteiger partial charge in [0, 0.05) is 66.9 Å². The molecule has 2 saturated heterocycles. The smallest absolute Gasteiger partial charge is 0.417 e. The SMILES string of the molecule is CCS(NC(=O)OCC1OC(OC(C)=O)C(OC(C)=O)C(OC(C)=O)C1OC(C)=O)(SCC(NC(=O)OCC1OC(OC(C)=O)C(OC(C)=O)C(OC(C)=O)C1OC(C)=O)C(=O)OC)C(=O)OC. The molecule has 30 heteroatoms. The summed E-state index contributed by atoms with van der Waals surface area (Å²) in [5, 5.41) is 1.21. The lowest BCUT2D eigenvalue weighted by molar-refractivity contribution is -0.299. The molecule has 28 nitrogen and oxygen atoms in total. The van der Waals surface area contributed by atoms with E-state index in [1.54, 1.807) is 0 Å². The molecule has 0 aromatic rings. The Morgan fingerprint density at radius 3 is 1.19 bits per heavy atom. The maximum absolute atomic E-state index is 13.5. The fourth-order valence-electron chi connectivity index (χ4n) is 6.18. The summed E-state index contributed by atoms with van der Waals surface area (Å²) in [6.07, 6.45) is -19.4. The second-order valence-electron chi connectivity index (χ2n) is 14.0. The van der Waals surface area contributed by atoms with Crippen molar-refractivity contribution in [2.45, 2.75) is 130 Å². The molecule has 0 aromatic heterocycles. The van der Waals surface area contributed by atoms with Crippen LogP contribution >= 0.6 is 20.0 Å². The summed E-state index contributed by atoms with van der Waals surface area (Å²) in [6, 6.07) is -1.65. The Morgan fingerprint density at radius 1 is 0.500 bits per heavy atom. The van der Waals surface area contributed by atoms with Crippen molar-refractivity contribution in [2.24, 2.45) is 0 Å². The third-order valence-corrected chi connectivity index (χ3v) is 14.5. The number of ether oxygens (including phenoxy) is 14. The molecule has 0 saturated carbocycles. The Kier molecular flexibility index (Phi) is 23.0. The number of amides is 2. The highest BCUT2D eigenvalue weighted by molar-refractivity contribution is 8.99. The molecule has 12 atom stereocenters. The zero-order valence-corrected chi connectivity index (χ0v) is 40.2. The topological polar surface area (TPSA) is 358 Å². The first-order chi connectivity index (χ1) is 31.8. The van der Waals surface area contributed by atoms with Crippen LogP contribution in [0.15, 0.2) is 0 Å². The Morgan fingerprint density at radius 2 is 0.853 bits per heavy atom. The lowest BCUT2D eigenvalue weighted by Crippen LogP contribution is -2.63. The fraction of sp³-hybridized carbons (Fsp3) is 0.684. The van der Waals surface area contributed by atoms with Gasteiger partial charge in [-0.15, -0.1) is 0 Å². The van der Waals surface area contributed by atoms with E-state index >= 15 is 0 Å². The summed E-state index contributed by atoms with van der Waals surface area (Å²) >= 11 is 0. The van der Waals surface area contributed by atoms with E-state index < -0.39 is 167 Å². The third-order valence-electron chi connectivity index (χ3n) is 8.62. The molecule has 384 valence electrons. The predicted octanol–water partition coefficient (Wildman–Crippen LogP) is 0.301. The highest BCUT2D eigenvalue weighted by atomic mass is 33.2. The Balaban J connectivity index is 2.36. The van der Waals surface area contributed by atoms with E-state index in [0.29, 0.717) is 10.8 Å². The number of methoxy groups -OCH3 is 2. The fourth-order valence-corrected chi connectivity index (χ4v) is 10.6. The van der Waals surface area contributed by atoms with Crippen molar-refractivity contribution in [1.82, 2.24) is 10.0 Å². The third kappa shape index (κ3) is 17.8. The van der Waals surface area contributed by atoms with Gasteiger partial charge in [-0.2, -0.15) is 0 Å². The van der Waals surface area contributed by atoms with Crippen molar-refractivity contribution in [2.75, 3.05) is 38.9 Å². The van der Waals surface area contributed by atoms with Gasteiger partial charge in [0.25, 0.3) is 0 Å². The average molecular weight is 1020 g/mol. The van der Waals surface area contributed by atoms with Crippen molar-refractivity contribution in [3.8, 4) is 0 Å². The summed E-state index contributed by atoms with van der Waals surface area (Å²) in [5.41, 5.74) is 0. The van der Waals surface area contributed by atoms with Gasteiger partial charge in [-0.3, -0.25) is 43.1 Å². The summed E-state index contributed by atoms with van der Waals surface area (Å²) in [7, 11) is -0.682. The van der Waals surface area contributed by atoms with Crippen LogP contribution in [0.3, 0.4) is 0 Å². The first kappa shape index (κ1) is 58.0. The van der Waals surface area contributed by atoms with Gasteiger partial charge in [0.1, 0.15) is 31.5 Å². The van der Waals surface area contributed by atoms with Crippen LogP contribution in [0.4, 0.5) is 14.4 Å². The van der Waals surface area contributed by atoms with Gasteiger partial charge < -0.3 is 71.6 Å². The molecule has 2 N–H and O–H groups in total. The molecule has 0 aromatic carbocycles. The van der Waals surface area contributed by atoms with E-state index in [4.69, 9.17) is 66.3 Å². The maximum Gasteiger partial charge on any atom is 0.417 e. The molecule has 2 heterocycles. The van der Waals surface area contributed by atoms with Gasteiger partial charge in [0.2, 0.25) is 24.8 Å². The number of nitrogens with one attached hydrogen (secondary N) is 2. The maximum atomic E-state index is 13.5. The average Bonchev–Trinajstić information content (AvgIpc) is 3.22. The molecule has 0 aliphatic carbocycles.